The zero-order valence-corrected chi connectivity index (χ0v) is 12.0. The van der Waals surface area contributed by atoms with E-state index < -0.39 is 11.8 Å². The van der Waals surface area contributed by atoms with Gasteiger partial charge in [-0.1, -0.05) is 49.2 Å². The summed E-state index contributed by atoms with van der Waals surface area (Å²) in [6.07, 6.45) is 14.7. The van der Waals surface area contributed by atoms with Gasteiger partial charge in [-0.25, -0.2) is 8.78 Å². The Kier molecular flexibility index (Phi) is 4.96. The number of rotatable bonds is 2. The van der Waals surface area contributed by atoms with Crippen LogP contribution in [0.5, 0.6) is 0 Å². The first-order valence-corrected chi connectivity index (χ1v) is 7.33. The van der Waals surface area contributed by atoms with Crippen LogP contribution in [0, 0.1) is 18.8 Å². The zero-order chi connectivity index (χ0) is 15.3. The van der Waals surface area contributed by atoms with Crippen LogP contribution in [0.4, 0.5) is 8.78 Å². The number of halogens is 2. The first kappa shape index (κ1) is 15.5. The van der Waals surface area contributed by atoms with Crippen molar-refractivity contribution in [1.82, 2.24) is 0 Å². The van der Waals surface area contributed by atoms with Gasteiger partial charge < -0.3 is 0 Å². The molecular weight excluding hydrogens is 266 g/mol. The van der Waals surface area contributed by atoms with Crippen molar-refractivity contribution in [2.24, 2.45) is 5.92 Å². The minimum Gasteiger partial charge on any atom is -0.239 e. The molecule has 1 fully saturated rings. The van der Waals surface area contributed by atoms with Gasteiger partial charge in [-0.05, 0) is 42.0 Å². The van der Waals surface area contributed by atoms with Crippen LogP contribution in [-0.4, -0.2) is 11.8 Å². The van der Waals surface area contributed by atoms with Crippen molar-refractivity contribution in [1.29, 1.82) is 0 Å². The van der Waals surface area contributed by atoms with Crippen molar-refractivity contribution < 1.29 is 8.78 Å². The molecule has 0 heterocycles. The second-order valence-corrected chi connectivity index (χ2v) is 5.53. The van der Waals surface area contributed by atoms with Crippen molar-refractivity contribution in [3.8, 4) is 12.8 Å². The molecule has 1 aromatic carbocycles. The molecule has 1 aromatic rings. The molecule has 2 heteroatoms. The summed E-state index contributed by atoms with van der Waals surface area (Å²) in [4.78, 5) is 0. The Morgan fingerprint density at radius 2 is 1.67 bits per heavy atom. The lowest BCUT2D eigenvalue weighted by Gasteiger charge is -2.33. The lowest BCUT2D eigenvalue weighted by molar-refractivity contribution is 0.0635. The highest BCUT2D eigenvalue weighted by Crippen LogP contribution is 2.44. The molecule has 2 aliphatic carbocycles. The largest absolute Gasteiger partial charge is 0.239 e. The average molecular weight is 286 g/mol. The smallest absolute Gasteiger partial charge is 0.166 e. The molecule has 0 aromatic heterocycles. The van der Waals surface area contributed by atoms with E-state index in [1.54, 1.807) is 6.08 Å². The quantitative estimate of drug-likeness (QED) is 0.661. The van der Waals surface area contributed by atoms with Crippen LogP contribution < -0.4 is 0 Å². The van der Waals surface area contributed by atoms with Crippen molar-refractivity contribution in [2.75, 3.05) is 0 Å². The van der Waals surface area contributed by atoms with Crippen LogP contribution in [0.2, 0.25) is 0 Å². The van der Waals surface area contributed by atoms with Crippen LogP contribution >= 0.6 is 0 Å². The maximum absolute atomic E-state index is 14.9. The molecular formula is C19H20F2. The van der Waals surface area contributed by atoms with Crippen molar-refractivity contribution in [3.05, 3.63) is 54.1 Å². The Labute approximate surface area is 125 Å². The van der Waals surface area contributed by atoms with E-state index in [4.69, 9.17) is 0 Å². The monoisotopic (exact) mass is 286 g/mol. The molecule has 0 N–H and O–H groups in total. The Bertz CT molecular complexity index is 535. The molecule has 3 rings (SSSR count). The highest BCUT2D eigenvalue weighted by molar-refractivity contribution is 5.76. The van der Waals surface area contributed by atoms with Crippen LogP contribution in [-0.2, 0) is 0 Å². The van der Waals surface area contributed by atoms with Gasteiger partial charge >= 0.3 is 0 Å². The minimum atomic E-state index is -1.80. The van der Waals surface area contributed by atoms with Gasteiger partial charge in [0.25, 0.3) is 0 Å². The molecule has 0 amide bonds. The second-order valence-electron chi connectivity index (χ2n) is 5.53. The van der Waals surface area contributed by atoms with Crippen LogP contribution in [0.25, 0.3) is 5.57 Å². The molecule has 21 heavy (non-hydrogen) atoms. The van der Waals surface area contributed by atoms with Gasteiger partial charge in [0.2, 0.25) is 0 Å². The number of terminal acetylenes is 1. The first-order chi connectivity index (χ1) is 10.2. The Morgan fingerprint density at radius 3 is 2.24 bits per heavy atom. The minimum absolute atomic E-state index is 0.160. The third-order valence-corrected chi connectivity index (χ3v) is 4.35. The molecule has 0 radical (unpaired) electrons. The van der Waals surface area contributed by atoms with Crippen molar-refractivity contribution in [3.63, 3.8) is 0 Å². The van der Waals surface area contributed by atoms with Gasteiger partial charge in [0.1, 0.15) is 0 Å². The van der Waals surface area contributed by atoms with E-state index in [-0.39, 0.29) is 5.92 Å². The second kappa shape index (κ2) is 6.72. The van der Waals surface area contributed by atoms with Gasteiger partial charge in [-0.3, -0.25) is 0 Å². The van der Waals surface area contributed by atoms with Crippen LogP contribution in [0.3, 0.4) is 0 Å². The van der Waals surface area contributed by atoms with Gasteiger partial charge in [-0.2, -0.15) is 0 Å². The van der Waals surface area contributed by atoms with E-state index in [9.17, 15) is 8.78 Å². The number of allylic oxidation sites excluding steroid dienone is 4. The predicted molar refractivity (Wildman–Crippen MR) is 84.1 cm³/mol. The van der Waals surface area contributed by atoms with Gasteiger partial charge in [-0.15, -0.1) is 12.8 Å². The fourth-order valence-electron chi connectivity index (χ4n) is 3.20. The molecule has 2 atom stereocenters. The third-order valence-electron chi connectivity index (χ3n) is 4.35. The lowest BCUT2D eigenvalue weighted by atomic mass is 9.79. The van der Waals surface area contributed by atoms with E-state index in [0.717, 1.165) is 36.8 Å². The molecule has 110 valence electrons. The maximum atomic E-state index is 14.9. The SMILES string of the molecule is C#C.FC1C=C(c2ccccc2)C=CC1(F)C1CCCC1. The predicted octanol–water partition coefficient (Wildman–Crippen LogP) is 5.13. The lowest BCUT2D eigenvalue weighted by Crippen LogP contribution is -2.40. The Hall–Kier alpha value is -1.88. The van der Waals surface area contributed by atoms with E-state index in [1.165, 1.54) is 12.2 Å². The molecule has 0 spiro atoms. The van der Waals surface area contributed by atoms with Crippen molar-refractivity contribution in [2.45, 2.75) is 37.5 Å². The third kappa shape index (κ3) is 3.08. The van der Waals surface area contributed by atoms with Gasteiger partial charge in [0, 0.05) is 0 Å². The fourth-order valence-corrected chi connectivity index (χ4v) is 3.20. The van der Waals surface area contributed by atoms with Crippen molar-refractivity contribution >= 4 is 5.57 Å². The summed E-state index contributed by atoms with van der Waals surface area (Å²) in [6, 6.07) is 9.58. The standard InChI is InChI=1S/C17H18F2.C2H2/c18-16-12-14(13-6-2-1-3-7-13)10-11-17(16,19)15-8-4-5-9-15;1-2/h1-3,6-7,10-12,15-16H,4-5,8-9H2;1-2H. The first-order valence-electron chi connectivity index (χ1n) is 7.33. The molecule has 0 aliphatic heterocycles. The van der Waals surface area contributed by atoms with Gasteiger partial charge in [0.15, 0.2) is 11.8 Å². The average Bonchev–Trinajstić information content (AvgIpc) is 3.08. The summed E-state index contributed by atoms with van der Waals surface area (Å²) in [7, 11) is 0. The molecule has 2 aliphatic rings. The molecule has 0 bridgehead atoms. The fraction of sp³-hybridized carbons (Fsp3) is 0.368. The summed E-state index contributed by atoms with van der Waals surface area (Å²) in [5, 5.41) is 0. The maximum Gasteiger partial charge on any atom is 0.166 e. The topological polar surface area (TPSA) is 0 Å². The molecule has 2 unspecified atom stereocenters. The Morgan fingerprint density at radius 1 is 1.05 bits per heavy atom. The molecule has 0 nitrogen and oxygen atoms in total. The van der Waals surface area contributed by atoms with E-state index in [2.05, 4.69) is 12.8 Å². The molecule has 0 saturated heterocycles. The number of alkyl halides is 2. The number of hydrogen-bond acceptors (Lipinski definition) is 0. The summed E-state index contributed by atoms with van der Waals surface area (Å²) < 4.78 is 29.2. The van der Waals surface area contributed by atoms with E-state index in [0.29, 0.717) is 0 Å². The highest BCUT2D eigenvalue weighted by atomic mass is 19.2. The normalized spacial score (nSPS) is 28.6. The van der Waals surface area contributed by atoms with E-state index in [1.807, 2.05) is 30.3 Å². The van der Waals surface area contributed by atoms with Crippen LogP contribution in [0.1, 0.15) is 31.2 Å². The summed E-state index contributed by atoms with van der Waals surface area (Å²) in [5.41, 5.74) is -0.0800. The molecule has 1 saturated carbocycles. The number of benzene rings is 1. The summed E-state index contributed by atoms with van der Waals surface area (Å²) in [5.74, 6) is -0.160. The Balaban J connectivity index is 0.000000774. The van der Waals surface area contributed by atoms with E-state index >= 15 is 0 Å². The highest BCUT2D eigenvalue weighted by Gasteiger charge is 2.46. The zero-order valence-electron chi connectivity index (χ0n) is 12.0. The summed E-state index contributed by atoms with van der Waals surface area (Å²) in [6.45, 7) is 0. The van der Waals surface area contributed by atoms with Crippen LogP contribution in [0.15, 0.2) is 48.6 Å². The van der Waals surface area contributed by atoms with Gasteiger partial charge in [0.05, 0.1) is 0 Å². The number of hydrogen-bond donors (Lipinski definition) is 0. The summed E-state index contributed by atoms with van der Waals surface area (Å²) >= 11 is 0.